The lowest BCUT2D eigenvalue weighted by Gasteiger charge is -2.28. The molecule has 2 N–H and O–H groups in total. The lowest BCUT2D eigenvalue weighted by Crippen LogP contribution is -2.37. The maximum Gasteiger partial charge on any atom is 0.306 e. The van der Waals surface area contributed by atoms with Crippen molar-refractivity contribution in [3.63, 3.8) is 0 Å². The van der Waals surface area contributed by atoms with E-state index in [4.69, 9.17) is 18.5 Å². The fourth-order valence-corrected chi connectivity index (χ4v) is 6.34. The third-order valence-corrected chi connectivity index (χ3v) is 10.2. The molecule has 0 amide bonds. The maximum atomic E-state index is 12.7. The second-order valence-corrected chi connectivity index (χ2v) is 17.5. The zero-order valence-corrected chi connectivity index (χ0v) is 37.8. The van der Waals surface area contributed by atoms with Crippen molar-refractivity contribution in [2.75, 3.05) is 47.5 Å². The van der Waals surface area contributed by atoms with Crippen molar-refractivity contribution in [1.29, 1.82) is 0 Å². The van der Waals surface area contributed by atoms with Gasteiger partial charge in [-0.2, -0.15) is 0 Å². The smallest absolute Gasteiger partial charge is 0.306 e. The van der Waals surface area contributed by atoms with Gasteiger partial charge in [0.25, 0.3) is 7.82 Å². The number of allylic oxidation sites excluding steroid dienone is 7. The van der Waals surface area contributed by atoms with E-state index in [9.17, 15) is 29.3 Å². The molecular weight excluding hydrogens is 757 g/mol. The first-order valence-corrected chi connectivity index (χ1v) is 23.7. The number of quaternary nitrogens is 1. The van der Waals surface area contributed by atoms with E-state index in [1.807, 2.05) is 27.2 Å². The molecule has 0 aromatic heterocycles. The third kappa shape index (κ3) is 40.4. The summed E-state index contributed by atoms with van der Waals surface area (Å²) in [5.74, 6) is -1.09. The monoisotopic (exact) mass is 840 g/mol. The number of aliphatic hydroxyl groups is 2. The molecule has 0 spiro atoms. The van der Waals surface area contributed by atoms with E-state index >= 15 is 0 Å². The number of aliphatic hydroxyl groups excluding tert-OH is 2. The molecule has 4 atom stereocenters. The maximum absolute atomic E-state index is 12.7. The van der Waals surface area contributed by atoms with Crippen molar-refractivity contribution in [3.05, 3.63) is 60.8 Å². The summed E-state index contributed by atoms with van der Waals surface area (Å²) in [6.07, 6.45) is 37.3. The Morgan fingerprint density at radius 1 is 0.638 bits per heavy atom. The lowest BCUT2D eigenvalue weighted by molar-refractivity contribution is -0.870. The van der Waals surface area contributed by atoms with Crippen LogP contribution in [0.15, 0.2) is 60.8 Å². The first kappa shape index (κ1) is 55.6. The van der Waals surface area contributed by atoms with Gasteiger partial charge >= 0.3 is 11.9 Å². The van der Waals surface area contributed by atoms with Crippen LogP contribution in [0.1, 0.15) is 155 Å². The minimum absolute atomic E-state index is 0.0130. The molecule has 1 unspecified atom stereocenters. The Bertz CT molecular complexity index is 1210. The summed E-state index contributed by atoms with van der Waals surface area (Å²) in [7, 11) is 1.02. The molecule has 0 heterocycles. The number of carbonyl (C=O) groups is 2. The summed E-state index contributed by atoms with van der Waals surface area (Å²) in [5.41, 5.74) is 0. The predicted molar refractivity (Wildman–Crippen MR) is 234 cm³/mol. The first-order valence-electron chi connectivity index (χ1n) is 22.2. The van der Waals surface area contributed by atoms with Crippen LogP contribution in [-0.2, 0) is 32.7 Å². The highest BCUT2D eigenvalue weighted by molar-refractivity contribution is 7.45. The van der Waals surface area contributed by atoms with E-state index < -0.39 is 44.7 Å². The standard InChI is InChI=1S/C46H82NO10P/c1-6-8-10-12-14-15-16-17-18-19-20-21-22-24-30-36-46(51)57-44(41-56-58(52,53)55-39-38-47(3,4)5)40-54-45(50)37-31-35-43(49)34-29-26-25-28-33-42(48)32-27-23-13-11-9-7-2/h17-18,23,25-29,33-34,42-44,48-49H,6-16,19-22,24,30-32,35-41H2,1-5H3/b18-17-,26-25+,27-23-,33-28+,34-29-/t42-,43-,44-/m1/s1. The molecule has 12 heteroatoms. The Morgan fingerprint density at radius 3 is 1.78 bits per heavy atom. The molecule has 336 valence electrons. The average Bonchev–Trinajstić information content (AvgIpc) is 3.16. The van der Waals surface area contributed by atoms with Gasteiger partial charge in [0, 0.05) is 12.8 Å². The van der Waals surface area contributed by atoms with Gasteiger partial charge in [0.15, 0.2) is 6.10 Å². The SMILES string of the molecule is CCCCC/C=C\C[C@@H](O)/C=C/C=C/C=C\[C@@H](O)CCCC(=O)OC[C@H](COP(=O)([O-])OCC[N+](C)(C)C)OC(=O)CCCCCCC/C=C\CCCCCCCC. The van der Waals surface area contributed by atoms with Crippen molar-refractivity contribution < 1.29 is 52.3 Å². The number of phosphoric acid groups is 1. The Labute approximate surface area is 352 Å². The molecule has 0 aromatic rings. The molecule has 0 aliphatic heterocycles. The number of ether oxygens (including phenoxy) is 2. The van der Waals surface area contributed by atoms with Crippen LogP contribution in [-0.4, -0.2) is 92.5 Å². The van der Waals surface area contributed by atoms with Gasteiger partial charge in [-0.15, -0.1) is 0 Å². The summed E-state index contributed by atoms with van der Waals surface area (Å²) in [6, 6.07) is 0. The van der Waals surface area contributed by atoms with Gasteiger partial charge in [-0.1, -0.05) is 139 Å². The number of carbonyl (C=O) groups excluding carboxylic acids is 2. The molecule has 0 aliphatic rings. The largest absolute Gasteiger partial charge is 0.756 e. The molecule has 0 saturated carbocycles. The third-order valence-electron chi connectivity index (χ3n) is 9.20. The van der Waals surface area contributed by atoms with Crippen LogP contribution in [0.25, 0.3) is 0 Å². The van der Waals surface area contributed by atoms with Crippen molar-refractivity contribution in [1.82, 2.24) is 0 Å². The Kier molecular flexibility index (Phi) is 36.1. The molecule has 0 bridgehead atoms. The first-order chi connectivity index (χ1) is 27.8. The molecule has 0 fully saturated rings. The zero-order chi connectivity index (χ0) is 43.2. The molecule has 0 aliphatic carbocycles. The number of hydrogen-bond acceptors (Lipinski definition) is 10. The molecule has 0 radical (unpaired) electrons. The number of likely N-dealkylation sites (N-methyl/N-ethyl adjacent to an activating group) is 1. The Hall–Kier alpha value is -2.37. The average molecular weight is 840 g/mol. The zero-order valence-electron chi connectivity index (χ0n) is 36.9. The van der Waals surface area contributed by atoms with Gasteiger partial charge in [0.2, 0.25) is 0 Å². The summed E-state index contributed by atoms with van der Waals surface area (Å²) in [4.78, 5) is 37.5. The van der Waals surface area contributed by atoms with Gasteiger partial charge in [-0.3, -0.25) is 14.2 Å². The Balaban J connectivity index is 4.64. The quantitative estimate of drug-likeness (QED) is 0.0153. The van der Waals surface area contributed by atoms with Crippen LogP contribution in [0.4, 0.5) is 0 Å². The lowest BCUT2D eigenvalue weighted by atomic mass is 10.1. The highest BCUT2D eigenvalue weighted by Crippen LogP contribution is 2.38. The minimum Gasteiger partial charge on any atom is -0.756 e. The highest BCUT2D eigenvalue weighted by atomic mass is 31.2. The summed E-state index contributed by atoms with van der Waals surface area (Å²) >= 11 is 0. The van der Waals surface area contributed by atoms with E-state index in [1.54, 1.807) is 36.5 Å². The van der Waals surface area contributed by atoms with Gasteiger partial charge < -0.3 is 38.1 Å². The molecular formula is C46H82NO10P. The van der Waals surface area contributed by atoms with Gasteiger partial charge in [0.05, 0.1) is 40.0 Å². The van der Waals surface area contributed by atoms with Crippen molar-refractivity contribution >= 4 is 19.8 Å². The molecule has 11 nitrogen and oxygen atoms in total. The van der Waals surface area contributed by atoms with E-state index in [0.29, 0.717) is 36.7 Å². The van der Waals surface area contributed by atoms with Crippen LogP contribution in [0.3, 0.4) is 0 Å². The summed E-state index contributed by atoms with van der Waals surface area (Å²) in [5, 5.41) is 20.3. The summed E-state index contributed by atoms with van der Waals surface area (Å²) in [6.45, 7) is 3.85. The van der Waals surface area contributed by atoms with Gasteiger partial charge in [-0.25, -0.2) is 0 Å². The van der Waals surface area contributed by atoms with Crippen molar-refractivity contribution in [3.8, 4) is 0 Å². The van der Waals surface area contributed by atoms with Crippen LogP contribution in [0.5, 0.6) is 0 Å². The van der Waals surface area contributed by atoms with Crippen LogP contribution in [0.2, 0.25) is 0 Å². The Morgan fingerprint density at radius 2 is 1.16 bits per heavy atom. The number of hydrogen-bond donors (Lipinski definition) is 2. The fourth-order valence-electron chi connectivity index (χ4n) is 5.61. The second kappa shape index (κ2) is 37.6. The molecule has 0 aromatic carbocycles. The van der Waals surface area contributed by atoms with E-state index in [0.717, 1.165) is 44.9 Å². The molecule has 58 heavy (non-hydrogen) atoms. The number of nitrogens with zero attached hydrogens (tertiary/aromatic N) is 1. The van der Waals surface area contributed by atoms with Gasteiger partial charge in [-0.05, 0) is 64.2 Å². The highest BCUT2D eigenvalue weighted by Gasteiger charge is 2.22. The second-order valence-electron chi connectivity index (χ2n) is 16.1. The summed E-state index contributed by atoms with van der Waals surface area (Å²) < 4.78 is 33.7. The normalized spacial score (nSPS) is 15.2. The van der Waals surface area contributed by atoms with Crippen molar-refractivity contribution in [2.24, 2.45) is 0 Å². The van der Waals surface area contributed by atoms with Gasteiger partial charge in [0.1, 0.15) is 19.8 Å². The van der Waals surface area contributed by atoms with E-state index in [-0.39, 0.29) is 26.1 Å². The number of unbranched alkanes of at least 4 members (excludes halogenated alkanes) is 14. The van der Waals surface area contributed by atoms with E-state index in [2.05, 4.69) is 32.1 Å². The predicted octanol–water partition coefficient (Wildman–Crippen LogP) is 9.77. The molecule has 0 saturated heterocycles. The molecule has 0 rings (SSSR count). The van der Waals surface area contributed by atoms with Crippen molar-refractivity contribution in [2.45, 2.75) is 173 Å². The number of rotatable bonds is 39. The van der Waals surface area contributed by atoms with Crippen LogP contribution in [0, 0.1) is 0 Å². The minimum atomic E-state index is -4.69. The number of esters is 2. The van der Waals surface area contributed by atoms with Crippen LogP contribution < -0.4 is 4.89 Å². The fraction of sp³-hybridized carbons (Fsp3) is 0.739. The topological polar surface area (TPSA) is 152 Å². The number of phosphoric ester groups is 1. The van der Waals surface area contributed by atoms with E-state index in [1.165, 1.54) is 57.8 Å². The van der Waals surface area contributed by atoms with Crippen LogP contribution >= 0.6 is 7.82 Å².